The Balaban J connectivity index is 2.11. The summed E-state index contributed by atoms with van der Waals surface area (Å²) >= 11 is 0. The molecule has 0 amide bonds. The number of nitrogens with one attached hydrogen (secondary N) is 1. The Hall–Kier alpha value is 0.0969. The molecule has 124 valence electrons. The van der Waals surface area contributed by atoms with E-state index in [0.29, 0.717) is 11.6 Å². The minimum absolute atomic E-state index is 0.602. The molecule has 2 fully saturated rings. The van der Waals surface area contributed by atoms with Crippen LogP contribution in [0.15, 0.2) is 0 Å². The van der Waals surface area contributed by atoms with Crippen LogP contribution in [0.1, 0.15) is 78.6 Å². The van der Waals surface area contributed by atoms with Crippen LogP contribution in [0.25, 0.3) is 0 Å². The van der Waals surface area contributed by atoms with Crippen LogP contribution in [0.2, 0.25) is 5.54 Å². The van der Waals surface area contributed by atoms with E-state index in [0.717, 1.165) is 19.1 Å². The first kappa shape index (κ1) is 17.5. The molecule has 0 aromatic carbocycles. The third-order valence-electron chi connectivity index (χ3n) is 5.36. The summed E-state index contributed by atoms with van der Waals surface area (Å²) in [5.74, 6) is 0.759. The smallest absolute Gasteiger partial charge is 0.383 e. The zero-order chi connectivity index (χ0) is 15.1. The fourth-order valence-electron chi connectivity index (χ4n) is 4.18. The van der Waals surface area contributed by atoms with Crippen LogP contribution < -0.4 is 4.98 Å². The Morgan fingerprint density at radius 3 is 2.00 bits per heavy atom. The molecule has 0 radical (unpaired) electrons. The lowest BCUT2D eigenvalue weighted by Gasteiger charge is -2.43. The zero-order valence-corrected chi connectivity index (χ0v) is 15.3. The Labute approximate surface area is 132 Å². The first-order valence-electron chi connectivity index (χ1n) is 9.27. The average molecular weight is 314 g/mol. The fraction of sp³-hybridized carbons (Fsp3) is 1.00. The second kappa shape index (κ2) is 8.66. The van der Waals surface area contributed by atoms with E-state index in [2.05, 4.69) is 25.8 Å². The van der Waals surface area contributed by atoms with Crippen LogP contribution in [0.3, 0.4) is 0 Å². The molecule has 3 nitrogen and oxygen atoms in total. The van der Waals surface area contributed by atoms with Crippen molar-refractivity contribution in [3.05, 3.63) is 0 Å². The van der Waals surface area contributed by atoms with Gasteiger partial charge in [-0.2, -0.15) is 0 Å². The first-order valence-corrected chi connectivity index (χ1v) is 11.2. The lowest BCUT2D eigenvalue weighted by atomic mass is 9.87. The van der Waals surface area contributed by atoms with Gasteiger partial charge in [0.1, 0.15) is 0 Å². The summed E-state index contributed by atoms with van der Waals surface area (Å²) in [5.41, 5.74) is 0.639. The van der Waals surface area contributed by atoms with E-state index in [-0.39, 0.29) is 0 Å². The fourth-order valence-corrected chi connectivity index (χ4v) is 8.11. The van der Waals surface area contributed by atoms with Gasteiger partial charge in [-0.15, -0.1) is 0 Å². The molecule has 0 bridgehead atoms. The van der Waals surface area contributed by atoms with Crippen LogP contribution in [-0.4, -0.2) is 28.0 Å². The lowest BCUT2D eigenvalue weighted by molar-refractivity contribution is 0.138. The molecule has 2 saturated carbocycles. The molecule has 2 aliphatic rings. The van der Waals surface area contributed by atoms with Gasteiger partial charge >= 0.3 is 8.72 Å². The van der Waals surface area contributed by atoms with Crippen molar-refractivity contribution in [1.82, 2.24) is 4.98 Å². The number of hydrogen-bond donors (Lipinski definition) is 1. The highest BCUT2D eigenvalue weighted by molar-refractivity contribution is 6.66. The van der Waals surface area contributed by atoms with Gasteiger partial charge in [-0.3, -0.25) is 4.98 Å². The molecule has 1 N–H and O–H groups in total. The van der Waals surface area contributed by atoms with Gasteiger partial charge in [0.2, 0.25) is 0 Å². The Bertz CT molecular complexity index is 289. The van der Waals surface area contributed by atoms with Crippen molar-refractivity contribution in [3.8, 4) is 0 Å². The van der Waals surface area contributed by atoms with Gasteiger partial charge in [0.05, 0.1) is 0 Å². The van der Waals surface area contributed by atoms with E-state index in [1.54, 1.807) is 0 Å². The molecular weight excluding hydrogens is 278 g/mol. The van der Waals surface area contributed by atoms with Crippen LogP contribution in [0.5, 0.6) is 0 Å². The number of rotatable bonds is 7. The summed E-state index contributed by atoms with van der Waals surface area (Å²) < 4.78 is 12.7. The second-order valence-corrected chi connectivity index (χ2v) is 9.90. The highest BCUT2D eigenvalue weighted by atomic mass is 28.4. The van der Waals surface area contributed by atoms with Gasteiger partial charge in [-0.1, -0.05) is 39.0 Å². The molecule has 0 aromatic rings. The van der Waals surface area contributed by atoms with Crippen LogP contribution in [0.4, 0.5) is 0 Å². The number of hydrogen-bond acceptors (Lipinski definition) is 3. The Morgan fingerprint density at radius 1 is 0.857 bits per heavy atom. The third kappa shape index (κ3) is 4.53. The molecule has 0 heterocycles. The molecule has 2 rings (SSSR count). The molecule has 0 aromatic heterocycles. The summed E-state index contributed by atoms with van der Waals surface area (Å²) in [7, 11) is -2.27. The molecule has 2 unspecified atom stereocenters. The minimum Gasteiger partial charge on any atom is -0.383 e. The van der Waals surface area contributed by atoms with Gasteiger partial charge in [-0.25, -0.2) is 0 Å². The average Bonchev–Trinajstić information content (AvgIpc) is 2.51. The van der Waals surface area contributed by atoms with Gasteiger partial charge < -0.3 is 8.85 Å². The summed E-state index contributed by atoms with van der Waals surface area (Å²) in [6.07, 6.45) is 12.1. The predicted octanol–water partition coefficient (Wildman–Crippen LogP) is 4.50. The van der Waals surface area contributed by atoms with Crippen LogP contribution >= 0.6 is 0 Å². The molecule has 0 saturated heterocycles. The van der Waals surface area contributed by atoms with Gasteiger partial charge in [-0.05, 0) is 45.4 Å². The second-order valence-electron chi connectivity index (χ2n) is 6.88. The quantitative estimate of drug-likeness (QED) is 0.702. The maximum absolute atomic E-state index is 6.37. The summed E-state index contributed by atoms with van der Waals surface area (Å²) in [4.78, 5) is 3.99. The van der Waals surface area contributed by atoms with Crippen molar-refractivity contribution < 1.29 is 8.85 Å². The van der Waals surface area contributed by atoms with Crippen molar-refractivity contribution >= 4 is 8.72 Å². The van der Waals surface area contributed by atoms with Crippen molar-refractivity contribution in [2.75, 3.05) is 13.2 Å². The van der Waals surface area contributed by atoms with Gasteiger partial charge in [0, 0.05) is 24.8 Å². The highest BCUT2D eigenvalue weighted by Crippen LogP contribution is 2.38. The summed E-state index contributed by atoms with van der Waals surface area (Å²) in [6, 6.07) is 0.602. The van der Waals surface area contributed by atoms with E-state index in [4.69, 9.17) is 8.85 Å². The molecule has 4 heteroatoms. The molecule has 2 atom stereocenters. The first-order chi connectivity index (χ1) is 10.2. The predicted molar refractivity (Wildman–Crippen MR) is 90.4 cm³/mol. The molecular formula is C17H35NO2Si. The summed E-state index contributed by atoms with van der Waals surface area (Å²) in [5, 5.41) is 0. The third-order valence-corrected chi connectivity index (χ3v) is 9.22. The Morgan fingerprint density at radius 2 is 1.43 bits per heavy atom. The highest BCUT2D eigenvalue weighted by Gasteiger charge is 2.48. The monoisotopic (exact) mass is 313 g/mol. The van der Waals surface area contributed by atoms with E-state index >= 15 is 0 Å². The Kier molecular flexibility index (Phi) is 7.19. The SMILES string of the molecule is CCO[Si](NC1CCCCC1C)(OCC)C1CCCCC1. The van der Waals surface area contributed by atoms with Crippen molar-refractivity contribution in [1.29, 1.82) is 0 Å². The van der Waals surface area contributed by atoms with Crippen molar-refractivity contribution in [2.45, 2.75) is 90.1 Å². The van der Waals surface area contributed by atoms with E-state index in [1.807, 2.05) is 0 Å². The maximum Gasteiger partial charge on any atom is 0.428 e. The minimum atomic E-state index is -2.27. The zero-order valence-electron chi connectivity index (χ0n) is 14.3. The van der Waals surface area contributed by atoms with Gasteiger partial charge in [0.15, 0.2) is 0 Å². The molecule has 0 aliphatic heterocycles. The lowest BCUT2D eigenvalue weighted by Crippen LogP contribution is -2.64. The van der Waals surface area contributed by atoms with E-state index in [1.165, 1.54) is 57.8 Å². The van der Waals surface area contributed by atoms with Crippen LogP contribution in [0, 0.1) is 5.92 Å². The molecule has 21 heavy (non-hydrogen) atoms. The van der Waals surface area contributed by atoms with Crippen molar-refractivity contribution in [3.63, 3.8) is 0 Å². The molecule has 0 spiro atoms. The standard InChI is InChI=1S/C17H35NO2Si/c1-4-19-21(20-5-2,16-12-7-6-8-13-16)18-17-14-10-9-11-15(17)3/h15-18H,4-14H2,1-3H3. The van der Waals surface area contributed by atoms with Gasteiger partial charge in [0.25, 0.3) is 0 Å². The maximum atomic E-state index is 6.37. The largest absolute Gasteiger partial charge is 0.428 e. The molecule has 2 aliphatic carbocycles. The topological polar surface area (TPSA) is 30.5 Å². The summed E-state index contributed by atoms with van der Waals surface area (Å²) in [6.45, 7) is 8.19. The van der Waals surface area contributed by atoms with Crippen molar-refractivity contribution in [2.24, 2.45) is 5.92 Å². The van der Waals surface area contributed by atoms with E-state index in [9.17, 15) is 0 Å². The normalized spacial score (nSPS) is 28.7. The van der Waals surface area contributed by atoms with E-state index < -0.39 is 8.72 Å². The van der Waals surface area contributed by atoms with Crippen LogP contribution in [-0.2, 0) is 8.85 Å².